The van der Waals surface area contributed by atoms with Crippen LogP contribution in [0.15, 0.2) is 12.2 Å². The molecule has 1 fully saturated rings. The fourth-order valence-electron chi connectivity index (χ4n) is 4.68. The van der Waals surface area contributed by atoms with Crippen molar-refractivity contribution in [2.75, 3.05) is 134 Å². The van der Waals surface area contributed by atoms with Crippen molar-refractivity contribution in [1.29, 1.82) is 0 Å². The van der Waals surface area contributed by atoms with E-state index >= 15 is 0 Å². The number of ether oxygens (including phenoxy) is 5. The lowest BCUT2D eigenvalue weighted by Gasteiger charge is -2.36. The van der Waals surface area contributed by atoms with Crippen molar-refractivity contribution in [2.45, 2.75) is 26.1 Å². The Morgan fingerprint density at radius 3 is 1.33 bits per heavy atom. The Balaban J connectivity index is 3.02. The molecule has 1 aliphatic heterocycles. The summed E-state index contributed by atoms with van der Waals surface area (Å²) in [4.78, 5) is 10.2. The normalized spacial score (nSPS) is 21.3. The molecule has 0 bridgehead atoms. The Morgan fingerprint density at radius 1 is 0.583 bits per heavy atom. The van der Waals surface area contributed by atoms with E-state index in [-0.39, 0.29) is 12.2 Å². The van der Waals surface area contributed by atoms with Gasteiger partial charge in [0.2, 0.25) is 0 Å². The highest BCUT2D eigenvalue weighted by Gasteiger charge is 2.21. The van der Waals surface area contributed by atoms with Crippen LogP contribution in [0.3, 0.4) is 0 Å². The maximum absolute atomic E-state index is 5.72. The van der Waals surface area contributed by atoms with E-state index in [4.69, 9.17) is 23.7 Å². The summed E-state index contributed by atoms with van der Waals surface area (Å²) in [7, 11) is 8.82. The Hall–Kier alpha value is -0.620. The molecule has 0 aromatic carbocycles. The number of hydrogen-bond donors (Lipinski definition) is 0. The molecule has 214 valence electrons. The fourth-order valence-corrected chi connectivity index (χ4v) is 4.68. The highest BCUT2D eigenvalue weighted by Crippen LogP contribution is 2.07. The molecule has 1 rings (SSSR count). The largest absolute Gasteiger partial charge is 0.384 e. The Labute approximate surface area is 221 Å². The van der Waals surface area contributed by atoms with Crippen LogP contribution < -0.4 is 0 Å². The van der Waals surface area contributed by atoms with E-state index in [1.807, 2.05) is 0 Å². The Bertz CT molecular complexity index is 542. The number of hydrogen-bond acceptors (Lipinski definition) is 9. The van der Waals surface area contributed by atoms with Gasteiger partial charge >= 0.3 is 0 Å². The van der Waals surface area contributed by atoms with Crippen LogP contribution in [0.5, 0.6) is 0 Å². The van der Waals surface area contributed by atoms with Crippen molar-refractivity contribution in [3.8, 4) is 0 Å². The molecule has 0 aromatic rings. The molecule has 1 heterocycles. The van der Waals surface area contributed by atoms with E-state index in [2.05, 4.69) is 45.6 Å². The molecule has 0 radical (unpaired) electrons. The molecular formula is C27H56N4O5. The monoisotopic (exact) mass is 516 g/mol. The standard InChI is InChI=1S/C27H56N4O5/c1-8-9-10-28-11-13-29(19-25(2)22-32-3)15-16-31(21-27(36-7)24-34-5)18-17-30(14-12-28)20-26(35-6)23-33-4/h8-9,25-27H,10-24H2,1-7H3. The van der Waals surface area contributed by atoms with Gasteiger partial charge in [0.1, 0.15) is 0 Å². The summed E-state index contributed by atoms with van der Waals surface area (Å²) >= 11 is 0. The predicted octanol–water partition coefficient (Wildman–Crippen LogP) is 1.39. The van der Waals surface area contributed by atoms with Gasteiger partial charge in [-0.1, -0.05) is 19.1 Å². The van der Waals surface area contributed by atoms with Gasteiger partial charge in [0.05, 0.1) is 25.4 Å². The van der Waals surface area contributed by atoms with Gasteiger partial charge in [-0.25, -0.2) is 0 Å². The predicted molar refractivity (Wildman–Crippen MR) is 147 cm³/mol. The number of nitrogens with zero attached hydrogens (tertiary/aromatic N) is 4. The van der Waals surface area contributed by atoms with E-state index in [0.717, 1.165) is 85.1 Å². The quantitative estimate of drug-likeness (QED) is 0.283. The first-order chi connectivity index (χ1) is 17.5. The Morgan fingerprint density at radius 2 is 0.972 bits per heavy atom. The SMILES string of the molecule is CC=CCN1CCN(CC(C)COC)CCN(CC(COC)OC)CCN(CC(COC)OC)CC1. The second kappa shape index (κ2) is 21.3. The zero-order valence-corrected chi connectivity index (χ0v) is 24.3. The van der Waals surface area contributed by atoms with Crippen molar-refractivity contribution in [1.82, 2.24) is 19.6 Å². The van der Waals surface area contributed by atoms with E-state index in [0.29, 0.717) is 19.1 Å². The molecule has 9 heteroatoms. The third kappa shape index (κ3) is 15.0. The number of methoxy groups -OCH3 is 5. The molecule has 0 N–H and O–H groups in total. The van der Waals surface area contributed by atoms with E-state index in [9.17, 15) is 0 Å². The molecule has 9 nitrogen and oxygen atoms in total. The highest BCUT2D eigenvalue weighted by molar-refractivity contribution is 4.83. The lowest BCUT2D eigenvalue weighted by molar-refractivity contribution is -0.00787. The van der Waals surface area contributed by atoms with Gasteiger partial charge in [0.15, 0.2) is 0 Å². The van der Waals surface area contributed by atoms with Crippen molar-refractivity contribution >= 4 is 0 Å². The van der Waals surface area contributed by atoms with Crippen molar-refractivity contribution in [2.24, 2.45) is 5.92 Å². The maximum atomic E-state index is 5.72. The van der Waals surface area contributed by atoms with Crippen LogP contribution in [-0.2, 0) is 23.7 Å². The second-order valence-corrected chi connectivity index (χ2v) is 9.96. The lowest BCUT2D eigenvalue weighted by Crippen LogP contribution is -2.49. The lowest BCUT2D eigenvalue weighted by atomic mass is 10.2. The molecule has 36 heavy (non-hydrogen) atoms. The van der Waals surface area contributed by atoms with Gasteiger partial charge in [-0.15, -0.1) is 0 Å². The summed E-state index contributed by atoms with van der Waals surface area (Å²) in [6, 6.07) is 0. The minimum absolute atomic E-state index is 0.0637. The van der Waals surface area contributed by atoms with Crippen LogP contribution in [0.2, 0.25) is 0 Å². The van der Waals surface area contributed by atoms with Crippen LogP contribution in [0.4, 0.5) is 0 Å². The first kappa shape index (κ1) is 33.4. The topological polar surface area (TPSA) is 59.1 Å². The maximum Gasteiger partial charge on any atom is 0.0931 e. The van der Waals surface area contributed by atoms with Crippen molar-refractivity contribution in [3.05, 3.63) is 12.2 Å². The smallest absolute Gasteiger partial charge is 0.0931 e. The van der Waals surface area contributed by atoms with Gasteiger partial charge in [-0.2, -0.15) is 0 Å². The zero-order valence-electron chi connectivity index (χ0n) is 24.3. The molecule has 0 aliphatic carbocycles. The van der Waals surface area contributed by atoms with Crippen LogP contribution in [0.1, 0.15) is 13.8 Å². The molecule has 1 aliphatic rings. The molecule has 3 unspecified atom stereocenters. The van der Waals surface area contributed by atoms with Crippen molar-refractivity contribution < 1.29 is 23.7 Å². The summed E-state index contributed by atoms with van der Waals surface area (Å²) in [6.45, 7) is 18.2. The van der Waals surface area contributed by atoms with Crippen molar-refractivity contribution in [3.63, 3.8) is 0 Å². The zero-order chi connectivity index (χ0) is 26.6. The second-order valence-electron chi connectivity index (χ2n) is 9.96. The fraction of sp³-hybridized carbons (Fsp3) is 0.926. The highest BCUT2D eigenvalue weighted by atomic mass is 16.5. The minimum Gasteiger partial charge on any atom is -0.384 e. The molecule has 0 spiro atoms. The molecular weight excluding hydrogens is 460 g/mol. The molecule has 3 atom stereocenters. The van der Waals surface area contributed by atoms with E-state index in [1.165, 1.54) is 0 Å². The number of rotatable bonds is 16. The summed E-state index contributed by atoms with van der Waals surface area (Å²) in [5, 5.41) is 0. The van der Waals surface area contributed by atoms with Crippen LogP contribution >= 0.6 is 0 Å². The molecule has 0 amide bonds. The summed E-state index contributed by atoms with van der Waals surface area (Å²) in [5.41, 5.74) is 0. The van der Waals surface area contributed by atoms with Gasteiger partial charge in [-0.05, 0) is 12.8 Å². The average Bonchev–Trinajstić information content (AvgIpc) is 2.87. The van der Waals surface area contributed by atoms with Crippen LogP contribution in [0, 0.1) is 5.92 Å². The minimum atomic E-state index is 0.0637. The molecule has 0 aromatic heterocycles. The summed E-state index contributed by atoms with van der Waals surface area (Å²) < 4.78 is 27.7. The molecule has 1 saturated heterocycles. The third-order valence-electron chi connectivity index (χ3n) is 6.85. The van der Waals surface area contributed by atoms with Crippen LogP contribution in [-0.4, -0.2) is 166 Å². The third-order valence-corrected chi connectivity index (χ3v) is 6.85. The van der Waals surface area contributed by atoms with Gasteiger partial charge in [0.25, 0.3) is 0 Å². The summed E-state index contributed by atoms with van der Waals surface area (Å²) in [5.74, 6) is 0.503. The summed E-state index contributed by atoms with van der Waals surface area (Å²) in [6.07, 6.45) is 4.54. The Kier molecular flexibility index (Phi) is 19.8. The van der Waals surface area contributed by atoms with Crippen LogP contribution in [0.25, 0.3) is 0 Å². The van der Waals surface area contributed by atoms with Gasteiger partial charge in [-0.3, -0.25) is 14.7 Å². The first-order valence-corrected chi connectivity index (χ1v) is 13.5. The van der Waals surface area contributed by atoms with E-state index in [1.54, 1.807) is 35.5 Å². The molecule has 0 saturated carbocycles. The average molecular weight is 517 g/mol. The van der Waals surface area contributed by atoms with E-state index < -0.39 is 0 Å². The van der Waals surface area contributed by atoms with Gasteiger partial charge < -0.3 is 28.6 Å². The first-order valence-electron chi connectivity index (χ1n) is 13.5. The number of allylic oxidation sites excluding steroid dienone is 1. The van der Waals surface area contributed by atoms with Gasteiger partial charge in [0, 0.05) is 121 Å².